The maximum absolute atomic E-state index is 12.6. The standard InChI is InChI=1S/C22H14N4O3/c23-22(28)26-12-24-18-17-15(13-7-3-1-4-8-13)11-16(14-9-5-2-6-10-14)25-20(17)29-19(18)21(26)27/h1-12H,(H2,23,28). The number of primary amides is 1. The van der Waals surface area contributed by atoms with Gasteiger partial charge in [-0.1, -0.05) is 60.7 Å². The minimum absolute atomic E-state index is 0.0591. The van der Waals surface area contributed by atoms with Crippen molar-refractivity contribution in [1.82, 2.24) is 14.5 Å². The lowest BCUT2D eigenvalue weighted by Gasteiger charge is -2.07. The van der Waals surface area contributed by atoms with Gasteiger partial charge in [-0.2, -0.15) is 0 Å². The highest BCUT2D eigenvalue weighted by Gasteiger charge is 2.21. The van der Waals surface area contributed by atoms with Crippen LogP contribution in [0.15, 0.2) is 82.3 Å². The largest absolute Gasteiger partial charge is 0.430 e. The van der Waals surface area contributed by atoms with Crippen LogP contribution >= 0.6 is 0 Å². The number of hydrogen-bond acceptors (Lipinski definition) is 5. The SMILES string of the molecule is NC(=O)n1cnc2c(oc3nc(-c4ccccc4)cc(-c4ccccc4)c32)c1=O. The van der Waals surface area contributed by atoms with Crippen molar-refractivity contribution in [1.29, 1.82) is 0 Å². The molecule has 2 aromatic carbocycles. The average Bonchev–Trinajstić information content (AvgIpc) is 3.14. The summed E-state index contributed by atoms with van der Waals surface area (Å²) in [5, 5.41) is 0.611. The minimum Gasteiger partial charge on any atom is -0.430 e. The lowest BCUT2D eigenvalue weighted by Crippen LogP contribution is -2.31. The predicted molar refractivity (Wildman–Crippen MR) is 109 cm³/mol. The van der Waals surface area contributed by atoms with E-state index in [1.807, 2.05) is 66.7 Å². The Morgan fingerprint density at radius 1 is 0.966 bits per heavy atom. The molecule has 140 valence electrons. The van der Waals surface area contributed by atoms with Gasteiger partial charge in [0.15, 0.2) is 0 Å². The third-order valence-electron chi connectivity index (χ3n) is 4.74. The molecular formula is C22H14N4O3. The Bertz CT molecular complexity index is 1440. The van der Waals surface area contributed by atoms with Crippen molar-refractivity contribution in [3.63, 3.8) is 0 Å². The molecule has 0 atom stereocenters. The molecule has 0 spiro atoms. The quantitative estimate of drug-likeness (QED) is 0.500. The van der Waals surface area contributed by atoms with E-state index in [0.717, 1.165) is 23.0 Å². The van der Waals surface area contributed by atoms with Crippen LogP contribution in [-0.2, 0) is 0 Å². The van der Waals surface area contributed by atoms with Crippen molar-refractivity contribution in [2.45, 2.75) is 0 Å². The van der Waals surface area contributed by atoms with Crippen LogP contribution in [0.5, 0.6) is 0 Å². The summed E-state index contributed by atoms with van der Waals surface area (Å²) in [6, 6.07) is 20.4. The van der Waals surface area contributed by atoms with Crippen molar-refractivity contribution >= 4 is 28.2 Å². The molecular weight excluding hydrogens is 368 g/mol. The van der Waals surface area contributed by atoms with Gasteiger partial charge >= 0.3 is 11.6 Å². The summed E-state index contributed by atoms with van der Waals surface area (Å²) < 4.78 is 6.50. The summed E-state index contributed by atoms with van der Waals surface area (Å²) in [5.41, 5.74) is 8.51. The first-order valence-electron chi connectivity index (χ1n) is 8.89. The number of rotatable bonds is 2. The van der Waals surface area contributed by atoms with Gasteiger partial charge < -0.3 is 10.2 Å². The van der Waals surface area contributed by atoms with Gasteiger partial charge in [0.05, 0.1) is 11.1 Å². The van der Waals surface area contributed by atoms with E-state index in [9.17, 15) is 9.59 Å². The van der Waals surface area contributed by atoms with E-state index >= 15 is 0 Å². The molecule has 7 nitrogen and oxygen atoms in total. The van der Waals surface area contributed by atoms with Gasteiger partial charge in [-0.05, 0) is 17.2 Å². The molecule has 0 saturated heterocycles. The van der Waals surface area contributed by atoms with E-state index in [1.54, 1.807) is 0 Å². The smallest absolute Gasteiger partial charge is 0.327 e. The van der Waals surface area contributed by atoms with E-state index in [4.69, 9.17) is 10.2 Å². The number of nitrogens with two attached hydrogens (primary N) is 1. The molecule has 0 saturated carbocycles. The monoisotopic (exact) mass is 382 g/mol. The van der Waals surface area contributed by atoms with Gasteiger partial charge in [0, 0.05) is 5.56 Å². The molecule has 2 N–H and O–H groups in total. The number of amides is 1. The molecule has 29 heavy (non-hydrogen) atoms. The van der Waals surface area contributed by atoms with E-state index in [-0.39, 0.29) is 11.3 Å². The second-order valence-electron chi connectivity index (χ2n) is 6.51. The van der Waals surface area contributed by atoms with Crippen LogP contribution in [0.4, 0.5) is 4.79 Å². The van der Waals surface area contributed by atoms with Gasteiger partial charge in [0.2, 0.25) is 11.3 Å². The van der Waals surface area contributed by atoms with E-state index in [1.165, 1.54) is 0 Å². The highest BCUT2D eigenvalue weighted by atomic mass is 16.3. The third kappa shape index (κ3) is 2.68. The fourth-order valence-electron chi connectivity index (χ4n) is 3.39. The van der Waals surface area contributed by atoms with Crippen molar-refractivity contribution in [2.24, 2.45) is 5.73 Å². The second kappa shape index (κ2) is 6.42. The summed E-state index contributed by atoms with van der Waals surface area (Å²) in [6.07, 6.45) is 1.11. The molecule has 0 bridgehead atoms. The Morgan fingerprint density at radius 3 is 2.28 bits per heavy atom. The minimum atomic E-state index is -0.925. The van der Waals surface area contributed by atoms with E-state index < -0.39 is 11.6 Å². The van der Waals surface area contributed by atoms with Gasteiger partial charge in [-0.15, -0.1) is 0 Å². The van der Waals surface area contributed by atoms with Gasteiger partial charge in [0.1, 0.15) is 11.8 Å². The fourth-order valence-corrected chi connectivity index (χ4v) is 3.39. The topological polar surface area (TPSA) is 104 Å². The number of carbonyl (C=O) groups excluding carboxylic acids is 1. The predicted octanol–water partition coefficient (Wildman–Crippen LogP) is 3.80. The fraction of sp³-hybridized carbons (Fsp3) is 0. The van der Waals surface area contributed by atoms with Crippen molar-refractivity contribution < 1.29 is 9.21 Å². The average molecular weight is 382 g/mol. The van der Waals surface area contributed by atoms with Gasteiger partial charge in [-0.25, -0.2) is 19.3 Å². The molecule has 1 amide bonds. The molecule has 0 radical (unpaired) electrons. The lowest BCUT2D eigenvalue weighted by molar-refractivity contribution is 0.249. The molecule has 7 heteroatoms. The van der Waals surface area contributed by atoms with Crippen LogP contribution in [0.1, 0.15) is 0 Å². The molecule has 3 heterocycles. The molecule has 0 fully saturated rings. The zero-order valence-electron chi connectivity index (χ0n) is 15.1. The number of pyridine rings is 1. The van der Waals surface area contributed by atoms with Crippen LogP contribution in [0, 0.1) is 0 Å². The van der Waals surface area contributed by atoms with Gasteiger partial charge in [0.25, 0.3) is 0 Å². The lowest BCUT2D eigenvalue weighted by atomic mass is 10.00. The summed E-state index contributed by atoms with van der Waals surface area (Å²) in [6.45, 7) is 0. The Hall–Kier alpha value is -4.26. The zero-order chi connectivity index (χ0) is 20.0. The van der Waals surface area contributed by atoms with Crippen molar-refractivity contribution in [3.8, 4) is 22.4 Å². The van der Waals surface area contributed by atoms with E-state index in [0.29, 0.717) is 21.2 Å². The zero-order valence-corrected chi connectivity index (χ0v) is 15.1. The summed E-state index contributed by atoms with van der Waals surface area (Å²) in [7, 11) is 0. The Morgan fingerprint density at radius 2 is 1.62 bits per heavy atom. The molecule has 0 aliphatic carbocycles. The maximum atomic E-state index is 12.6. The summed E-state index contributed by atoms with van der Waals surface area (Å²) in [4.78, 5) is 33.0. The number of carbonyl (C=O) groups is 1. The first-order valence-corrected chi connectivity index (χ1v) is 8.89. The molecule has 0 aliphatic rings. The Kier molecular flexibility index (Phi) is 3.74. The number of benzene rings is 2. The van der Waals surface area contributed by atoms with Crippen LogP contribution in [0.3, 0.4) is 0 Å². The highest BCUT2D eigenvalue weighted by Crippen LogP contribution is 2.36. The number of fused-ring (bicyclic) bond motifs is 3. The van der Waals surface area contributed by atoms with Crippen molar-refractivity contribution in [2.75, 3.05) is 0 Å². The molecule has 5 aromatic rings. The number of nitrogens with zero attached hydrogens (tertiary/aromatic N) is 3. The van der Waals surface area contributed by atoms with Crippen LogP contribution in [0.25, 0.3) is 44.6 Å². The Balaban J connectivity index is 1.91. The van der Waals surface area contributed by atoms with Crippen molar-refractivity contribution in [3.05, 3.63) is 83.4 Å². The van der Waals surface area contributed by atoms with Crippen LogP contribution < -0.4 is 11.3 Å². The van der Waals surface area contributed by atoms with E-state index in [2.05, 4.69) is 9.97 Å². The molecule has 0 unspecified atom stereocenters. The number of aromatic nitrogens is 3. The maximum Gasteiger partial charge on any atom is 0.327 e. The van der Waals surface area contributed by atoms with Crippen LogP contribution in [0.2, 0.25) is 0 Å². The highest BCUT2D eigenvalue weighted by molar-refractivity contribution is 6.10. The molecule has 3 aromatic heterocycles. The normalized spacial score (nSPS) is 11.2. The van der Waals surface area contributed by atoms with Crippen LogP contribution in [-0.4, -0.2) is 20.6 Å². The molecule has 5 rings (SSSR count). The number of hydrogen-bond donors (Lipinski definition) is 1. The third-order valence-corrected chi connectivity index (χ3v) is 4.74. The summed E-state index contributed by atoms with van der Waals surface area (Å²) in [5.74, 6) is 0. The molecule has 0 aliphatic heterocycles. The first kappa shape index (κ1) is 16.9. The second-order valence-corrected chi connectivity index (χ2v) is 6.51. The number of furan rings is 1. The van der Waals surface area contributed by atoms with Gasteiger partial charge in [-0.3, -0.25) is 4.79 Å². The Labute approximate surface area is 164 Å². The first-order chi connectivity index (χ1) is 14.1. The summed E-state index contributed by atoms with van der Waals surface area (Å²) >= 11 is 0.